The Hall–Kier alpha value is -3.35. The van der Waals surface area contributed by atoms with Gasteiger partial charge in [-0.1, -0.05) is 26.0 Å². The molecule has 0 bridgehead atoms. The van der Waals surface area contributed by atoms with Gasteiger partial charge in [0.15, 0.2) is 11.6 Å². The topological polar surface area (TPSA) is 66.9 Å². The van der Waals surface area contributed by atoms with E-state index < -0.39 is 17.5 Å². The molecule has 1 heterocycles. The molecule has 3 aromatic rings. The average Bonchev–Trinajstić information content (AvgIpc) is 2.64. The summed E-state index contributed by atoms with van der Waals surface area (Å²) < 4.78 is 26.3. The van der Waals surface area contributed by atoms with Gasteiger partial charge in [-0.25, -0.2) is 18.7 Å². The predicted octanol–water partition coefficient (Wildman–Crippen LogP) is 5.18. The third-order valence-electron chi connectivity index (χ3n) is 4.10. The number of aromatic nitrogens is 2. The van der Waals surface area contributed by atoms with Crippen LogP contribution in [-0.2, 0) is 0 Å². The first kappa shape index (κ1) is 19.4. The number of rotatable bonds is 5. The standard InChI is InChI=1S/C21H20F2N4O/c1-12(2)14-4-6-15(7-5-14)26-20-11-19(24-13(3)25-20)21(28)27-16-8-9-17(22)18(23)10-16/h4-12H,1-3H3,(H,27,28)(H,24,25,26). The molecule has 0 radical (unpaired) electrons. The Labute approximate surface area is 161 Å². The van der Waals surface area contributed by atoms with Crippen molar-refractivity contribution in [3.63, 3.8) is 0 Å². The molecular weight excluding hydrogens is 362 g/mol. The van der Waals surface area contributed by atoms with Crippen LogP contribution in [0.4, 0.5) is 26.0 Å². The van der Waals surface area contributed by atoms with Gasteiger partial charge in [0.2, 0.25) is 0 Å². The lowest BCUT2D eigenvalue weighted by atomic mass is 10.0. The number of hydrogen-bond acceptors (Lipinski definition) is 4. The molecule has 0 aliphatic rings. The molecule has 0 fully saturated rings. The Bertz CT molecular complexity index is 1000. The first-order valence-corrected chi connectivity index (χ1v) is 8.81. The van der Waals surface area contributed by atoms with Crippen LogP contribution in [0.15, 0.2) is 48.5 Å². The van der Waals surface area contributed by atoms with Crippen LogP contribution in [0.3, 0.4) is 0 Å². The minimum absolute atomic E-state index is 0.110. The highest BCUT2D eigenvalue weighted by molar-refractivity contribution is 6.03. The van der Waals surface area contributed by atoms with Crippen LogP contribution >= 0.6 is 0 Å². The zero-order chi connectivity index (χ0) is 20.3. The van der Waals surface area contributed by atoms with Crippen LogP contribution in [0.2, 0.25) is 0 Å². The molecule has 0 aliphatic carbocycles. The summed E-state index contributed by atoms with van der Waals surface area (Å²) in [5.74, 6) is -1.27. The fourth-order valence-electron chi connectivity index (χ4n) is 2.62. The van der Waals surface area contributed by atoms with Gasteiger partial charge in [-0.05, 0) is 42.7 Å². The summed E-state index contributed by atoms with van der Waals surface area (Å²) in [7, 11) is 0. The van der Waals surface area contributed by atoms with Crippen molar-refractivity contribution < 1.29 is 13.6 Å². The number of anilines is 3. The first-order chi connectivity index (χ1) is 13.3. The molecule has 0 spiro atoms. The lowest BCUT2D eigenvalue weighted by Crippen LogP contribution is -2.15. The summed E-state index contributed by atoms with van der Waals surface area (Å²) in [5, 5.41) is 5.65. The third kappa shape index (κ3) is 4.68. The maximum Gasteiger partial charge on any atom is 0.274 e. The second-order valence-electron chi connectivity index (χ2n) is 6.67. The van der Waals surface area contributed by atoms with Gasteiger partial charge < -0.3 is 10.6 Å². The van der Waals surface area contributed by atoms with Gasteiger partial charge in [0, 0.05) is 23.5 Å². The van der Waals surface area contributed by atoms with E-state index in [4.69, 9.17) is 0 Å². The van der Waals surface area contributed by atoms with Crippen molar-refractivity contribution in [1.29, 1.82) is 0 Å². The smallest absolute Gasteiger partial charge is 0.274 e. The molecule has 1 amide bonds. The number of aryl methyl sites for hydroxylation is 1. The zero-order valence-electron chi connectivity index (χ0n) is 15.8. The highest BCUT2D eigenvalue weighted by Gasteiger charge is 2.12. The normalized spacial score (nSPS) is 10.8. The van der Waals surface area contributed by atoms with E-state index in [2.05, 4.69) is 34.4 Å². The highest BCUT2D eigenvalue weighted by Crippen LogP contribution is 2.21. The summed E-state index contributed by atoms with van der Waals surface area (Å²) in [6.07, 6.45) is 0. The maximum absolute atomic E-state index is 13.3. The predicted molar refractivity (Wildman–Crippen MR) is 105 cm³/mol. The van der Waals surface area contributed by atoms with Crippen molar-refractivity contribution in [3.05, 3.63) is 77.2 Å². The van der Waals surface area contributed by atoms with Crippen molar-refractivity contribution in [3.8, 4) is 0 Å². The van der Waals surface area contributed by atoms with E-state index in [0.29, 0.717) is 17.6 Å². The number of halogens is 2. The number of carbonyl (C=O) groups excluding carboxylic acids is 1. The van der Waals surface area contributed by atoms with Crippen LogP contribution in [0, 0.1) is 18.6 Å². The first-order valence-electron chi connectivity index (χ1n) is 8.81. The zero-order valence-corrected chi connectivity index (χ0v) is 15.8. The van der Waals surface area contributed by atoms with E-state index >= 15 is 0 Å². The molecule has 7 heteroatoms. The fraction of sp³-hybridized carbons (Fsp3) is 0.190. The molecular formula is C21H20F2N4O. The van der Waals surface area contributed by atoms with Crippen molar-refractivity contribution in [2.45, 2.75) is 26.7 Å². The van der Waals surface area contributed by atoms with Gasteiger partial charge >= 0.3 is 0 Å². The van der Waals surface area contributed by atoms with Crippen molar-refractivity contribution >= 4 is 23.1 Å². The summed E-state index contributed by atoms with van der Waals surface area (Å²) in [4.78, 5) is 20.8. The van der Waals surface area contributed by atoms with Gasteiger partial charge in [0.25, 0.3) is 5.91 Å². The molecule has 144 valence electrons. The van der Waals surface area contributed by atoms with E-state index in [1.165, 1.54) is 17.7 Å². The molecule has 0 unspecified atom stereocenters. The molecule has 0 saturated carbocycles. The Morgan fingerprint density at radius 3 is 2.25 bits per heavy atom. The second kappa shape index (κ2) is 8.12. The molecule has 0 saturated heterocycles. The van der Waals surface area contributed by atoms with Gasteiger partial charge in [-0.2, -0.15) is 0 Å². The summed E-state index contributed by atoms with van der Waals surface area (Å²) in [6, 6.07) is 12.6. The molecule has 1 aromatic heterocycles. The van der Waals surface area contributed by atoms with Crippen molar-refractivity contribution in [1.82, 2.24) is 9.97 Å². The monoisotopic (exact) mass is 382 g/mol. The number of nitrogens with zero attached hydrogens (tertiary/aromatic N) is 2. The summed E-state index contributed by atoms with van der Waals surface area (Å²) in [5.41, 5.74) is 2.29. The fourth-order valence-corrected chi connectivity index (χ4v) is 2.62. The minimum Gasteiger partial charge on any atom is -0.340 e. The molecule has 0 aliphatic heterocycles. The Morgan fingerprint density at radius 1 is 0.929 bits per heavy atom. The van der Waals surface area contributed by atoms with E-state index in [0.717, 1.165) is 17.8 Å². The SMILES string of the molecule is Cc1nc(Nc2ccc(C(C)C)cc2)cc(C(=O)Nc2ccc(F)c(F)c2)n1. The highest BCUT2D eigenvalue weighted by atomic mass is 19.2. The molecule has 2 aromatic carbocycles. The lowest BCUT2D eigenvalue weighted by molar-refractivity contribution is 0.102. The Balaban J connectivity index is 1.78. The average molecular weight is 382 g/mol. The molecule has 0 atom stereocenters. The van der Waals surface area contributed by atoms with E-state index in [1.54, 1.807) is 6.92 Å². The van der Waals surface area contributed by atoms with Crippen LogP contribution < -0.4 is 10.6 Å². The quantitative estimate of drug-likeness (QED) is 0.638. The minimum atomic E-state index is -1.04. The van der Waals surface area contributed by atoms with Gasteiger partial charge in [0.1, 0.15) is 17.3 Å². The molecule has 28 heavy (non-hydrogen) atoms. The van der Waals surface area contributed by atoms with E-state index in [-0.39, 0.29) is 11.4 Å². The van der Waals surface area contributed by atoms with Gasteiger partial charge in [-0.3, -0.25) is 4.79 Å². The molecule has 5 nitrogen and oxygen atoms in total. The lowest BCUT2D eigenvalue weighted by Gasteiger charge is -2.11. The summed E-state index contributed by atoms with van der Waals surface area (Å²) in [6.45, 7) is 5.91. The number of nitrogens with one attached hydrogen (secondary N) is 2. The number of amides is 1. The largest absolute Gasteiger partial charge is 0.340 e. The van der Waals surface area contributed by atoms with Crippen molar-refractivity contribution in [2.75, 3.05) is 10.6 Å². The van der Waals surface area contributed by atoms with E-state index in [9.17, 15) is 13.6 Å². The Kier molecular flexibility index (Phi) is 5.63. The van der Waals surface area contributed by atoms with Gasteiger partial charge in [0.05, 0.1) is 0 Å². The second-order valence-corrected chi connectivity index (χ2v) is 6.67. The van der Waals surface area contributed by atoms with Crippen LogP contribution in [0.1, 0.15) is 41.6 Å². The van der Waals surface area contributed by atoms with Crippen molar-refractivity contribution in [2.24, 2.45) is 0 Å². The van der Waals surface area contributed by atoms with E-state index in [1.807, 2.05) is 24.3 Å². The number of benzene rings is 2. The Morgan fingerprint density at radius 2 is 1.61 bits per heavy atom. The van der Waals surface area contributed by atoms with Crippen LogP contribution in [-0.4, -0.2) is 15.9 Å². The summed E-state index contributed by atoms with van der Waals surface area (Å²) >= 11 is 0. The van der Waals surface area contributed by atoms with Crippen LogP contribution in [0.5, 0.6) is 0 Å². The maximum atomic E-state index is 13.3. The molecule has 2 N–H and O–H groups in total. The molecule has 3 rings (SSSR count). The van der Waals surface area contributed by atoms with Gasteiger partial charge in [-0.15, -0.1) is 0 Å². The third-order valence-corrected chi connectivity index (χ3v) is 4.10. The van der Waals surface area contributed by atoms with Crippen LogP contribution in [0.25, 0.3) is 0 Å². The number of carbonyl (C=O) groups is 1. The number of hydrogen-bond donors (Lipinski definition) is 2.